The number of hydrogen-bond acceptors (Lipinski definition) is 7. The predicted molar refractivity (Wildman–Crippen MR) is 113 cm³/mol. The minimum Gasteiger partial charge on any atom is -0.369 e. The van der Waals surface area contributed by atoms with Crippen LogP contribution in [0.25, 0.3) is 0 Å². The van der Waals surface area contributed by atoms with Gasteiger partial charge in [-0.2, -0.15) is 25.6 Å². The second kappa shape index (κ2) is 8.53. The van der Waals surface area contributed by atoms with Crippen LogP contribution in [0.15, 0.2) is 110 Å². The second-order valence-electron chi connectivity index (χ2n) is 6.55. The van der Waals surface area contributed by atoms with Gasteiger partial charge in [0, 0.05) is 0 Å². The lowest BCUT2D eigenvalue weighted by atomic mass is 10.2. The van der Waals surface area contributed by atoms with Gasteiger partial charge >= 0.3 is 0 Å². The van der Waals surface area contributed by atoms with E-state index < -0.39 is 12.3 Å². The van der Waals surface area contributed by atoms with Crippen molar-refractivity contribution < 1.29 is 5.11 Å². The highest BCUT2D eigenvalue weighted by Gasteiger charge is 2.34. The number of anilines is 1. The zero-order chi connectivity index (χ0) is 20.1. The molecule has 1 aliphatic heterocycles. The van der Waals surface area contributed by atoms with Crippen LogP contribution in [0.3, 0.4) is 0 Å². The van der Waals surface area contributed by atoms with E-state index in [1.54, 1.807) is 5.01 Å². The van der Waals surface area contributed by atoms with Crippen LogP contribution in [-0.2, 0) is 0 Å². The summed E-state index contributed by atoms with van der Waals surface area (Å²) in [4.78, 5) is 0. The molecule has 7 heteroatoms. The summed E-state index contributed by atoms with van der Waals surface area (Å²) in [6.07, 6.45) is -0.889. The van der Waals surface area contributed by atoms with Crippen LogP contribution in [0.4, 0.5) is 22.7 Å². The minimum atomic E-state index is -0.889. The second-order valence-corrected chi connectivity index (χ2v) is 6.55. The van der Waals surface area contributed by atoms with Gasteiger partial charge < -0.3 is 5.11 Å². The van der Waals surface area contributed by atoms with Gasteiger partial charge in [0.1, 0.15) is 0 Å². The first kappa shape index (κ1) is 18.6. The van der Waals surface area contributed by atoms with Crippen molar-refractivity contribution in [1.82, 2.24) is 0 Å². The minimum absolute atomic E-state index is 0.521. The van der Waals surface area contributed by atoms with Gasteiger partial charge in [0.25, 0.3) is 0 Å². The Morgan fingerprint density at radius 3 is 1.86 bits per heavy atom. The Bertz CT molecular complexity index is 1030. The fourth-order valence-electron chi connectivity index (χ4n) is 2.90. The van der Waals surface area contributed by atoms with Gasteiger partial charge in [-0.05, 0) is 55.5 Å². The third-order valence-corrected chi connectivity index (χ3v) is 4.43. The van der Waals surface area contributed by atoms with E-state index >= 15 is 0 Å². The summed E-state index contributed by atoms with van der Waals surface area (Å²) in [5, 5.41) is 33.5. The molecule has 144 valence electrons. The van der Waals surface area contributed by atoms with E-state index in [1.807, 2.05) is 91.9 Å². The summed E-state index contributed by atoms with van der Waals surface area (Å²) in [6.45, 7) is 1.84. The van der Waals surface area contributed by atoms with Crippen LogP contribution in [0, 0.1) is 0 Å². The number of aliphatic hydroxyl groups is 1. The highest BCUT2D eigenvalue weighted by molar-refractivity contribution is 5.91. The molecule has 0 bridgehead atoms. The SMILES string of the molecule is CC1=NN(c2ccccc2)C(O)C1N=Nc1ccc(N=Nc2ccccc2)cc1. The van der Waals surface area contributed by atoms with Crippen LogP contribution < -0.4 is 5.01 Å². The molecule has 0 spiro atoms. The Morgan fingerprint density at radius 1 is 0.724 bits per heavy atom. The normalized spacial score (nSPS) is 19.2. The molecular formula is C22H20N6O. The van der Waals surface area contributed by atoms with Gasteiger partial charge in [0.15, 0.2) is 12.3 Å². The molecule has 1 heterocycles. The van der Waals surface area contributed by atoms with Crippen molar-refractivity contribution >= 4 is 28.5 Å². The number of hydrazone groups is 1. The molecule has 0 saturated carbocycles. The maximum Gasteiger partial charge on any atom is 0.177 e. The molecule has 4 rings (SSSR count). The molecule has 0 radical (unpaired) electrons. The van der Waals surface area contributed by atoms with Gasteiger partial charge in [-0.3, -0.25) is 0 Å². The van der Waals surface area contributed by atoms with E-state index in [0.717, 1.165) is 17.1 Å². The van der Waals surface area contributed by atoms with Crippen LogP contribution in [0.5, 0.6) is 0 Å². The largest absolute Gasteiger partial charge is 0.369 e. The highest BCUT2D eigenvalue weighted by Crippen LogP contribution is 2.27. The summed E-state index contributed by atoms with van der Waals surface area (Å²) >= 11 is 0. The van der Waals surface area contributed by atoms with Gasteiger partial charge in [-0.1, -0.05) is 36.4 Å². The average molecular weight is 384 g/mol. The molecule has 7 nitrogen and oxygen atoms in total. The summed E-state index contributed by atoms with van der Waals surface area (Å²) in [5.41, 5.74) is 3.70. The molecule has 0 amide bonds. The summed E-state index contributed by atoms with van der Waals surface area (Å²) in [6, 6.07) is 25.8. The number of para-hydroxylation sites is 1. The zero-order valence-corrected chi connectivity index (χ0v) is 15.9. The molecule has 0 aliphatic carbocycles. The molecule has 1 N–H and O–H groups in total. The fourth-order valence-corrected chi connectivity index (χ4v) is 2.90. The number of benzene rings is 3. The van der Waals surface area contributed by atoms with Crippen molar-refractivity contribution in [3.63, 3.8) is 0 Å². The third-order valence-electron chi connectivity index (χ3n) is 4.43. The van der Waals surface area contributed by atoms with E-state index in [0.29, 0.717) is 11.4 Å². The zero-order valence-electron chi connectivity index (χ0n) is 15.9. The quantitative estimate of drug-likeness (QED) is 0.566. The van der Waals surface area contributed by atoms with Crippen LogP contribution in [0.2, 0.25) is 0 Å². The van der Waals surface area contributed by atoms with E-state index in [1.165, 1.54) is 0 Å². The molecule has 1 aliphatic rings. The molecule has 2 atom stereocenters. The van der Waals surface area contributed by atoms with E-state index in [-0.39, 0.29) is 0 Å². The predicted octanol–water partition coefficient (Wildman–Crippen LogP) is 5.77. The maximum atomic E-state index is 10.6. The van der Waals surface area contributed by atoms with Crippen molar-refractivity contribution in [3.8, 4) is 0 Å². The van der Waals surface area contributed by atoms with Gasteiger partial charge in [-0.25, -0.2) is 5.01 Å². The van der Waals surface area contributed by atoms with Crippen molar-refractivity contribution in [2.45, 2.75) is 19.2 Å². The molecular weight excluding hydrogens is 364 g/mol. The number of azo groups is 2. The molecule has 0 fully saturated rings. The standard InChI is InChI=1S/C22H20N6O/c1-16-21(22(29)28(27-16)20-10-6-3-7-11-20)26-25-19-14-12-18(13-15-19)24-23-17-8-4-2-5-9-17/h2-15,21-22,29H,1H3. The van der Waals surface area contributed by atoms with Crippen LogP contribution in [-0.4, -0.2) is 23.1 Å². The van der Waals surface area contributed by atoms with Crippen molar-refractivity contribution in [1.29, 1.82) is 0 Å². The number of aliphatic hydroxyl groups excluding tert-OH is 1. The first-order valence-electron chi connectivity index (χ1n) is 9.26. The first-order chi connectivity index (χ1) is 14.2. The number of hydrogen-bond donors (Lipinski definition) is 1. The van der Waals surface area contributed by atoms with Crippen molar-refractivity contribution in [2.75, 3.05) is 5.01 Å². The molecule has 0 aromatic heterocycles. The lowest BCUT2D eigenvalue weighted by Gasteiger charge is -2.20. The molecule has 0 saturated heterocycles. The molecule has 3 aromatic rings. The molecule has 29 heavy (non-hydrogen) atoms. The third kappa shape index (κ3) is 4.41. The molecule has 3 aromatic carbocycles. The lowest BCUT2D eigenvalue weighted by Crippen LogP contribution is -2.35. The van der Waals surface area contributed by atoms with Crippen molar-refractivity contribution in [3.05, 3.63) is 84.9 Å². The highest BCUT2D eigenvalue weighted by atomic mass is 16.3. The Morgan fingerprint density at radius 2 is 1.24 bits per heavy atom. The van der Waals surface area contributed by atoms with E-state index in [9.17, 15) is 5.11 Å². The van der Waals surface area contributed by atoms with Crippen molar-refractivity contribution in [2.24, 2.45) is 25.6 Å². The fraction of sp³-hybridized carbons (Fsp3) is 0.136. The molecule has 2 unspecified atom stereocenters. The van der Waals surface area contributed by atoms with E-state index in [4.69, 9.17) is 0 Å². The number of nitrogens with zero attached hydrogens (tertiary/aromatic N) is 6. The lowest BCUT2D eigenvalue weighted by molar-refractivity contribution is 0.170. The van der Waals surface area contributed by atoms with E-state index in [2.05, 4.69) is 25.6 Å². The van der Waals surface area contributed by atoms with Gasteiger partial charge in [-0.15, -0.1) is 0 Å². The van der Waals surface area contributed by atoms with Gasteiger partial charge in [0.2, 0.25) is 0 Å². The monoisotopic (exact) mass is 384 g/mol. The Kier molecular flexibility index (Phi) is 5.49. The van der Waals surface area contributed by atoms with Crippen LogP contribution >= 0.6 is 0 Å². The summed E-state index contributed by atoms with van der Waals surface area (Å²) in [5.74, 6) is 0. The summed E-state index contributed by atoms with van der Waals surface area (Å²) < 4.78 is 0. The maximum absolute atomic E-state index is 10.6. The smallest absolute Gasteiger partial charge is 0.177 e. The Labute approximate surface area is 168 Å². The Balaban J connectivity index is 1.43. The summed E-state index contributed by atoms with van der Waals surface area (Å²) in [7, 11) is 0. The van der Waals surface area contributed by atoms with Crippen LogP contribution in [0.1, 0.15) is 6.92 Å². The first-order valence-corrected chi connectivity index (χ1v) is 9.26. The average Bonchev–Trinajstić information content (AvgIpc) is 3.06. The van der Waals surface area contributed by atoms with Gasteiger partial charge in [0.05, 0.1) is 28.5 Å². The number of rotatable bonds is 5. The topological polar surface area (TPSA) is 85.3 Å². The Hall–Kier alpha value is -3.71.